The molecule has 1 aliphatic heterocycles. The van der Waals surface area contributed by atoms with Crippen LogP contribution in [-0.2, 0) is 11.0 Å². The molecule has 0 radical (unpaired) electrons. The van der Waals surface area contributed by atoms with Crippen LogP contribution in [0.2, 0.25) is 0 Å². The lowest BCUT2D eigenvalue weighted by Gasteiger charge is -2.28. The number of carbonyl (C=O) groups is 1. The van der Waals surface area contributed by atoms with Crippen molar-refractivity contribution in [3.8, 4) is 0 Å². The average Bonchev–Trinajstić information content (AvgIpc) is 2.61. The second kappa shape index (κ2) is 8.18. The Hall–Kier alpha value is -2.61. The first-order chi connectivity index (χ1) is 13.2. The molecule has 1 saturated heterocycles. The number of hydrogen-bond acceptors (Lipinski definition) is 2. The molecule has 0 spiro atoms. The molecule has 3 N–H and O–H groups in total. The summed E-state index contributed by atoms with van der Waals surface area (Å²) >= 11 is 0. The van der Waals surface area contributed by atoms with Gasteiger partial charge in [-0.05, 0) is 43.2 Å². The number of nitrogens with zero attached hydrogens (tertiary/aromatic N) is 1. The van der Waals surface area contributed by atoms with E-state index in [4.69, 9.17) is 0 Å². The van der Waals surface area contributed by atoms with Crippen LogP contribution in [0.4, 0.5) is 24.7 Å². The average molecular weight is 394 g/mol. The first-order valence-corrected chi connectivity index (χ1v) is 9.26. The van der Waals surface area contributed by atoms with Crippen LogP contribution in [0.15, 0.2) is 36.5 Å². The number of nitrogens with one attached hydrogen (secondary N) is 3. The quantitative estimate of drug-likeness (QED) is 0.826. The van der Waals surface area contributed by atoms with E-state index in [9.17, 15) is 18.0 Å². The fraction of sp³-hybridized carbons (Fsp3) is 0.400. The molecule has 1 aromatic carbocycles. The highest BCUT2D eigenvalue weighted by Crippen LogP contribution is 2.28. The lowest BCUT2D eigenvalue weighted by Crippen LogP contribution is -3.15. The van der Waals surface area contributed by atoms with Gasteiger partial charge in [0, 0.05) is 11.8 Å². The third-order valence-corrected chi connectivity index (χ3v) is 4.85. The van der Waals surface area contributed by atoms with Gasteiger partial charge in [-0.2, -0.15) is 13.2 Å². The Balaban J connectivity index is 1.50. The second-order valence-electron chi connectivity index (χ2n) is 7.30. The maximum atomic E-state index is 12.7. The van der Waals surface area contributed by atoms with Crippen molar-refractivity contribution < 1.29 is 27.8 Å². The van der Waals surface area contributed by atoms with Gasteiger partial charge in [-0.25, -0.2) is 4.98 Å². The van der Waals surface area contributed by atoms with Gasteiger partial charge < -0.3 is 10.2 Å². The van der Waals surface area contributed by atoms with Gasteiger partial charge >= 0.3 is 6.18 Å². The van der Waals surface area contributed by atoms with Crippen LogP contribution in [0.3, 0.4) is 0 Å². The molecule has 150 valence electrons. The van der Waals surface area contributed by atoms with Crippen molar-refractivity contribution in [1.29, 1.82) is 0 Å². The van der Waals surface area contributed by atoms with Crippen LogP contribution in [0.1, 0.15) is 16.7 Å². The Kier molecular flexibility index (Phi) is 5.88. The molecule has 0 bridgehead atoms. The second-order valence-corrected chi connectivity index (χ2v) is 7.30. The zero-order valence-electron chi connectivity index (χ0n) is 16.0. The van der Waals surface area contributed by atoms with E-state index in [2.05, 4.69) is 16.4 Å². The molecular formula is C20H25F3N4O+2. The predicted octanol–water partition coefficient (Wildman–Crippen LogP) is 1.48. The Morgan fingerprint density at radius 1 is 1.14 bits per heavy atom. The molecule has 8 heteroatoms. The molecular weight excluding hydrogens is 369 g/mol. The molecule has 2 aromatic rings. The van der Waals surface area contributed by atoms with E-state index in [0.29, 0.717) is 25.5 Å². The number of aryl methyl sites for hydroxylation is 2. The van der Waals surface area contributed by atoms with Crippen LogP contribution in [0.25, 0.3) is 0 Å². The summed E-state index contributed by atoms with van der Waals surface area (Å²) in [5, 5.41) is 2.95. The first kappa shape index (κ1) is 20.1. The van der Waals surface area contributed by atoms with E-state index in [-0.39, 0.29) is 5.91 Å². The lowest BCUT2D eigenvalue weighted by molar-refractivity contribution is -0.892. The number of rotatable bonds is 4. The SMILES string of the molecule is Cc1cc(C)cc(NC(=O)C[NH+]2CCN(c3ccc(C(F)(F)F)c[nH+]3)CC2)c1. The molecule has 0 saturated carbocycles. The number of amides is 1. The summed E-state index contributed by atoms with van der Waals surface area (Å²) < 4.78 is 38.0. The predicted molar refractivity (Wildman–Crippen MR) is 100 cm³/mol. The number of H-pyrrole nitrogens is 1. The van der Waals surface area contributed by atoms with E-state index in [1.165, 1.54) is 6.07 Å². The molecule has 1 aromatic heterocycles. The number of aromatic nitrogens is 1. The van der Waals surface area contributed by atoms with E-state index in [1.807, 2.05) is 30.9 Å². The van der Waals surface area contributed by atoms with Crippen molar-refractivity contribution >= 4 is 17.4 Å². The summed E-state index contributed by atoms with van der Waals surface area (Å²) in [4.78, 5) is 18.2. The summed E-state index contributed by atoms with van der Waals surface area (Å²) in [5.41, 5.74) is 2.32. The Morgan fingerprint density at radius 2 is 1.79 bits per heavy atom. The Labute approximate surface area is 162 Å². The number of benzene rings is 1. The standard InChI is InChI=1S/C20H23F3N4O/c1-14-9-15(2)11-17(10-14)25-19(28)13-26-5-7-27(8-6-26)18-4-3-16(12-24-18)20(21,22)23/h3-4,9-12H,5-8,13H2,1-2H3,(H,25,28)/p+2. The summed E-state index contributed by atoms with van der Waals surface area (Å²) in [7, 11) is 0. The van der Waals surface area contributed by atoms with Crippen molar-refractivity contribution in [3.63, 3.8) is 0 Å². The van der Waals surface area contributed by atoms with Crippen molar-refractivity contribution in [1.82, 2.24) is 0 Å². The number of hydrogen-bond donors (Lipinski definition) is 2. The normalized spacial score (nSPS) is 15.5. The topological polar surface area (TPSA) is 50.9 Å². The van der Waals surface area contributed by atoms with Crippen LogP contribution < -0.4 is 20.1 Å². The Bertz CT molecular complexity index is 808. The highest BCUT2D eigenvalue weighted by atomic mass is 19.4. The fourth-order valence-corrected chi connectivity index (χ4v) is 3.51. The van der Waals surface area contributed by atoms with Gasteiger partial charge in [0.05, 0.1) is 5.56 Å². The maximum Gasteiger partial charge on any atom is 0.419 e. The number of alkyl halides is 3. The number of anilines is 2. The lowest BCUT2D eigenvalue weighted by atomic mass is 10.1. The Morgan fingerprint density at radius 3 is 2.32 bits per heavy atom. The summed E-state index contributed by atoms with van der Waals surface area (Å²) in [6.45, 7) is 7.20. The number of piperazine rings is 1. The van der Waals surface area contributed by atoms with Gasteiger partial charge in [0.2, 0.25) is 0 Å². The molecule has 5 nitrogen and oxygen atoms in total. The minimum Gasteiger partial charge on any atom is -0.321 e. The third-order valence-electron chi connectivity index (χ3n) is 4.85. The highest BCUT2D eigenvalue weighted by molar-refractivity contribution is 5.91. The van der Waals surface area contributed by atoms with Gasteiger partial charge in [-0.3, -0.25) is 9.69 Å². The molecule has 0 atom stereocenters. The smallest absolute Gasteiger partial charge is 0.321 e. The molecule has 1 fully saturated rings. The van der Waals surface area contributed by atoms with E-state index in [0.717, 1.165) is 47.1 Å². The molecule has 1 amide bonds. The third kappa shape index (κ3) is 5.22. The minimum absolute atomic E-state index is 0.0328. The van der Waals surface area contributed by atoms with E-state index < -0.39 is 11.7 Å². The molecule has 0 aliphatic carbocycles. The van der Waals surface area contributed by atoms with Crippen molar-refractivity contribution in [2.45, 2.75) is 20.0 Å². The minimum atomic E-state index is -4.35. The summed E-state index contributed by atoms with van der Waals surface area (Å²) in [5.74, 6) is 0.626. The molecule has 28 heavy (non-hydrogen) atoms. The zero-order valence-corrected chi connectivity index (χ0v) is 16.0. The van der Waals surface area contributed by atoms with E-state index >= 15 is 0 Å². The number of pyridine rings is 1. The van der Waals surface area contributed by atoms with E-state index in [1.54, 1.807) is 0 Å². The zero-order chi connectivity index (χ0) is 20.3. The van der Waals surface area contributed by atoms with Crippen molar-refractivity contribution in [2.75, 3.05) is 42.9 Å². The largest absolute Gasteiger partial charge is 0.419 e. The molecule has 2 heterocycles. The van der Waals surface area contributed by atoms with Crippen LogP contribution >= 0.6 is 0 Å². The van der Waals surface area contributed by atoms with Gasteiger partial charge in [0.25, 0.3) is 11.7 Å². The van der Waals surface area contributed by atoms with Gasteiger partial charge in [-0.1, -0.05) is 6.07 Å². The first-order valence-electron chi connectivity index (χ1n) is 9.26. The van der Waals surface area contributed by atoms with Crippen molar-refractivity contribution in [3.05, 3.63) is 53.2 Å². The van der Waals surface area contributed by atoms with Gasteiger partial charge in [0.1, 0.15) is 32.4 Å². The number of halogens is 3. The summed E-state index contributed by atoms with van der Waals surface area (Å²) in [6, 6.07) is 8.48. The monoisotopic (exact) mass is 394 g/mol. The number of quaternary nitrogens is 1. The number of aromatic amines is 1. The van der Waals surface area contributed by atoms with Gasteiger partial charge in [0.15, 0.2) is 6.54 Å². The van der Waals surface area contributed by atoms with Gasteiger partial charge in [-0.15, -0.1) is 0 Å². The summed E-state index contributed by atoms with van der Waals surface area (Å²) in [6.07, 6.45) is -3.35. The molecule has 3 rings (SSSR count). The van der Waals surface area contributed by atoms with Crippen molar-refractivity contribution in [2.24, 2.45) is 0 Å². The van der Waals surface area contributed by atoms with Crippen LogP contribution in [0, 0.1) is 13.8 Å². The number of carbonyl (C=O) groups excluding carboxylic acids is 1. The molecule has 1 aliphatic rings. The highest BCUT2D eigenvalue weighted by Gasteiger charge is 2.33. The van der Waals surface area contributed by atoms with Crippen LogP contribution in [0.5, 0.6) is 0 Å². The fourth-order valence-electron chi connectivity index (χ4n) is 3.51. The molecule has 0 unspecified atom stereocenters. The van der Waals surface area contributed by atoms with Crippen LogP contribution in [-0.4, -0.2) is 38.6 Å². The maximum absolute atomic E-state index is 12.7.